The van der Waals surface area contributed by atoms with Gasteiger partial charge >= 0.3 is 7.60 Å². The summed E-state index contributed by atoms with van der Waals surface area (Å²) >= 11 is 0. The first kappa shape index (κ1) is 18.2. The number of hydrogen-bond acceptors (Lipinski definition) is 5. The standard InChI is InChI=1S/C15H25O5P/c1-5-18-15(21(16,19-6-2)20-7-3)12-13-8-10-14(17-4)11-9-13/h8-11,15H,5-7,12H2,1-4H3. The summed E-state index contributed by atoms with van der Waals surface area (Å²) in [6.45, 7) is 6.55. The first-order chi connectivity index (χ1) is 10.1. The summed E-state index contributed by atoms with van der Waals surface area (Å²) in [5, 5.41) is 0. The molecular weight excluding hydrogens is 291 g/mol. The van der Waals surface area contributed by atoms with Gasteiger partial charge in [0.05, 0.1) is 20.3 Å². The lowest BCUT2D eigenvalue weighted by atomic mass is 10.1. The lowest BCUT2D eigenvalue weighted by molar-refractivity contribution is 0.0785. The Morgan fingerprint density at radius 2 is 1.57 bits per heavy atom. The van der Waals surface area contributed by atoms with Crippen molar-refractivity contribution in [1.82, 2.24) is 0 Å². The van der Waals surface area contributed by atoms with Crippen LogP contribution in [-0.4, -0.2) is 32.8 Å². The van der Waals surface area contributed by atoms with Crippen LogP contribution in [0.25, 0.3) is 0 Å². The monoisotopic (exact) mass is 316 g/mol. The van der Waals surface area contributed by atoms with Crippen molar-refractivity contribution in [3.63, 3.8) is 0 Å². The van der Waals surface area contributed by atoms with Gasteiger partial charge < -0.3 is 18.5 Å². The van der Waals surface area contributed by atoms with Crippen LogP contribution in [0.1, 0.15) is 26.3 Å². The number of rotatable bonds is 10. The van der Waals surface area contributed by atoms with Crippen LogP contribution in [0.5, 0.6) is 5.75 Å². The number of methoxy groups -OCH3 is 1. The highest BCUT2D eigenvalue weighted by Crippen LogP contribution is 2.54. The lowest BCUT2D eigenvalue weighted by Gasteiger charge is -2.26. The molecule has 0 radical (unpaired) electrons. The Kier molecular flexibility index (Phi) is 7.97. The molecule has 1 aromatic carbocycles. The first-order valence-electron chi connectivity index (χ1n) is 7.22. The second kappa shape index (κ2) is 9.21. The molecule has 5 nitrogen and oxygen atoms in total. The molecule has 1 unspecified atom stereocenters. The van der Waals surface area contributed by atoms with E-state index in [-0.39, 0.29) is 0 Å². The van der Waals surface area contributed by atoms with Gasteiger partial charge in [0.25, 0.3) is 0 Å². The summed E-state index contributed by atoms with van der Waals surface area (Å²) in [5.74, 6) is 0.181. The fourth-order valence-electron chi connectivity index (χ4n) is 1.98. The summed E-state index contributed by atoms with van der Waals surface area (Å²) in [5.41, 5.74) is 0.994. The molecule has 0 spiro atoms. The van der Waals surface area contributed by atoms with Crippen LogP contribution in [0.3, 0.4) is 0 Å². The van der Waals surface area contributed by atoms with Crippen LogP contribution < -0.4 is 4.74 Å². The maximum atomic E-state index is 12.8. The molecule has 0 fully saturated rings. The Bertz CT molecular complexity index is 436. The van der Waals surface area contributed by atoms with E-state index in [0.29, 0.717) is 26.2 Å². The zero-order valence-corrected chi connectivity index (χ0v) is 14.1. The highest BCUT2D eigenvalue weighted by atomic mass is 31.2. The van der Waals surface area contributed by atoms with Crippen molar-refractivity contribution in [1.29, 1.82) is 0 Å². The Morgan fingerprint density at radius 1 is 1.00 bits per heavy atom. The van der Waals surface area contributed by atoms with Crippen LogP contribution in [0.15, 0.2) is 24.3 Å². The van der Waals surface area contributed by atoms with Gasteiger partial charge in [0.2, 0.25) is 0 Å². The molecule has 0 aromatic heterocycles. The Balaban J connectivity index is 2.90. The lowest BCUT2D eigenvalue weighted by Crippen LogP contribution is -2.20. The Morgan fingerprint density at radius 3 is 2.00 bits per heavy atom. The van der Waals surface area contributed by atoms with Crippen LogP contribution in [0, 0.1) is 0 Å². The molecule has 1 rings (SSSR count). The maximum absolute atomic E-state index is 12.8. The summed E-state index contributed by atoms with van der Waals surface area (Å²) < 4.78 is 34.4. The van der Waals surface area contributed by atoms with Crippen molar-refractivity contribution < 1.29 is 23.1 Å². The van der Waals surface area contributed by atoms with Gasteiger partial charge in [0.1, 0.15) is 5.75 Å². The summed E-state index contributed by atoms with van der Waals surface area (Å²) in [6.07, 6.45) is 0.467. The summed E-state index contributed by atoms with van der Waals surface area (Å²) in [4.78, 5) is 0. The highest BCUT2D eigenvalue weighted by Gasteiger charge is 2.36. The Labute approximate surface area is 127 Å². The predicted octanol–water partition coefficient (Wildman–Crippen LogP) is 3.87. The third-order valence-corrected chi connectivity index (χ3v) is 5.17. The van der Waals surface area contributed by atoms with Crippen molar-refractivity contribution in [3.05, 3.63) is 29.8 Å². The van der Waals surface area contributed by atoms with Crippen molar-refractivity contribution in [2.45, 2.75) is 33.0 Å². The molecule has 0 saturated heterocycles. The van der Waals surface area contributed by atoms with Gasteiger partial charge in [-0.25, -0.2) is 0 Å². The zero-order valence-electron chi connectivity index (χ0n) is 13.2. The smallest absolute Gasteiger partial charge is 0.359 e. The molecule has 0 saturated carbocycles. The highest BCUT2D eigenvalue weighted by molar-refractivity contribution is 7.54. The van der Waals surface area contributed by atoms with E-state index in [1.54, 1.807) is 21.0 Å². The number of hydrogen-bond donors (Lipinski definition) is 0. The molecule has 1 atom stereocenters. The molecule has 0 bridgehead atoms. The average molecular weight is 316 g/mol. The van der Waals surface area contributed by atoms with Gasteiger partial charge in [-0.05, 0) is 38.5 Å². The van der Waals surface area contributed by atoms with E-state index in [9.17, 15) is 4.57 Å². The van der Waals surface area contributed by atoms with Crippen LogP contribution >= 0.6 is 7.60 Å². The second-order valence-electron chi connectivity index (χ2n) is 4.34. The zero-order chi connectivity index (χ0) is 15.7. The normalized spacial score (nSPS) is 13.1. The van der Waals surface area contributed by atoms with E-state index in [1.807, 2.05) is 31.2 Å². The minimum atomic E-state index is -3.28. The third kappa shape index (κ3) is 5.44. The van der Waals surface area contributed by atoms with E-state index >= 15 is 0 Å². The molecule has 0 amide bonds. The summed E-state index contributed by atoms with van der Waals surface area (Å²) in [7, 11) is -1.66. The summed E-state index contributed by atoms with van der Waals surface area (Å²) in [6, 6.07) is 7.58. The SMILES string of the molecule is CCOC(Cc1ccc(OC)cc1)P(=O)(OCC)OCC. The second-order valence-corrected chi connectivity index (χ2v) is 6.51. The number of ether oxygens (including phenoxy) is 2. The van der Waals surface area contributed by atoms with E-state index in [4.69, 9.17) is 18.5 Å². The molecule has 0 N–H and O–H groups in total. The molecule has 120 valence electrons. The predicted molar refractivity (Wildman–Crippen MR) is 83.0 cm³/mol. The fraction of sp³-hybridized carbons (Fsp3) is 0.600. The van der Waals surface area contributed by atoms with E-state index in [1.165, 1.54) is 0 Å². The fourth-order valence-corrected chi connectivity index (χ4v) is 3.87. The van der Waals surface area contributed by atoms with E-state index in [2.05, 4.69) is 0 Å². The van der Waals surface area contributed by atoms with Gasteiger partial charge in [-0.15, -0.1) is 0 Å². The van der Waals surface area contributed by atoms with Crippen molar-refractivity contribution in [2.24, 2.45) is 0 Å². The number of benzene rings is 1. The van der Waals surface area contributed by atoms with Gasteiger partial charge in [0, 0.05) is 13.0 Å². The molecule has 0 aliphatic heterocycles. The molecule has 0 heterocycles. The minimum absolute atomic E-state index is 0.323. The Hall–Kier alpha value is -0.870. The molecule has 0 aliphatic rings. The third-order valence-electron chi connectivity index (χ3n) is 2.90. The van der Waals surface area contributed by atoms with Crippen molar-refractivity contribution >= 4 is 7.60 Å². The molecule has 21 heavy (non-hydrogen) atoms. The molecular formula is C15H25O5P. The van der Waals surface area contributed by atoms with Gasteiger partial charge in [-0.3, -0.25) is 4.57 Å². The van der Waals surface area contributed by atoms with Crippen LogP contribution in [0.2, 0.25) is 0 Å². The minimum Gasteiger partial charge on any atom is -0.497 e. The van der Waals surface area contributed by atoms with Gasteiger partial charge in [0.15, 0.2) is 5.85 Å². The maximum Gasteiger partial charge on any atom is 0.359 e. The first-order valence-corrected chi connectivity index (χ1v) is 8.84. The van der Waals surface area contributed by atoms with Gasteiger partial charge in [-0.1, -0.05) is 12.1 Å². The van der Waals surface area contributed by atoms with E-state index < -0.39 is 13.4 Å². The molecule has 1 aromatic rings. The largest absolute Gasteiger partial charge is 0.497 e. The van der Waals surface area contributed by atoms with E-state index in [0.717, 1.165) is 11.3 Å². The topological polar surface area (TPSA) is 54.0 Å². The quantitative estimate of drug-likeness (QED) is 0.613. The van der Waals surface area contributed by atoms with Gasteiger partial charge in [-0.2, -0.15) is 0 Å². The van der Waals surface area contributed by atoms with Crippen LogP contribution in [-0.2, 0) is 24.8 Å². The van der Waals surface area contributed by atoms with Crippen LogP contribution in [0.4, 0.5) is 0 Å². The molecule has 0 aliphatic carbocycles. The average Bonchev–Trinajstić information content (AvgIpc) is 2.48. The van der Waals surface area contributed by atoms with Crippen molar-refractivity contribution in [3.8, 4) is 5.75 Å². The van der Waals surface area contributed by atoms with Crippen molar-refractivity contribution in [2.75, 3.05) is 26.9 Å². The molecule has 6 heteroatoms.